The summed E-state index contributed by atoms with van der Waals surface area (Å²) in [6, 6.07) is 5.86. The first-order valence-corrected chi connectivity index (χ1v) is 10.1. The third-order valence-electron chi connectivity index (χ3n) is 6.64. The first-order chi connectivity index (χ1) is 13.2. The fraction of sp³-hybridized carbons (Fsp3) is 0.571. The molecule has 0 amide bonds. The molecule has 0 spiro atoms. The van der Waals surface area contributed by atoms with Gasteiger partial charge in [-0.15, -0.1) is 0 Å². The number of rotatable bonds is 4. The van der Waals surface area contributed by atoms with Crippen molar-refractivity contribution in [2.45, 2.75) is 31.7 Å². The van der Waals surface area contributed by atoms with Crippen LogP contribution in [0, 0.1) is 11.8 Å². The van der Waals surface area contributed by atoms with Gasteiger partial charge >= 0.3 is 0 Å². The third-order valence-corrected chi connectivity index (χ3v) is 6.64. The maximum absolute atomic E-state index is 11.6. The topological polar surface area (TPSA) is 54.3 Å². The Hall–Kier alpha value is -2.21. The number of pyridine rings is 1. The summed E-state index contributed by atoms with van der Waals surface area (Å²) in [5, 5.41) is 0. The van der Waals surface area contributed by atoms with Gasteiger partial charge in [-0.1, -0.05) is 12.5 Å². The number of fused-ring (bicyclic) bond motifs is 1. The van der Waals surface area contributed by atoms with Crippen molar-refractivity contribution in [2.75, 3.05) is 31.1 Å². The van der Waals surface area contributed by atoms with Crippen LogP contribution in [-0.2, 0) is 13.6 Å². The van der Waals surface area contributed by atoms with Crippen LogP contribution < -0.4 is 10.5 Å². The molecule has 2 aliphatic heterocycles. The van der Waals surface area contributed by atoms with Crippen LogP contribution >= 0.6 is 0 Å². The highest BCUT2D eigenvalue weighted by molar-refractivity contribution is 5.42. The lowest BCUT2D eigenvalue weighted by molar-refractivity contribution is 0.308. The number of anilines is 1. The van der Waals surface area contributed by atoms with Gasteiger partial charge in [-0.2, -0.15) is 0 Å². The largest absolute Gasteiger partial charge is 0.356 e. The zero-order chi connectivity index (χ0) is 18.4. The lowest BCUT2D eigenvalue weighted by Gasteiger charge is -2.26. The van der Waals surface area contributed by atoms with E-state index in [4.69, 9.17) is 0 Å². The molecule has 4 heterocycles. The Morgan fingerprint density at radius 1 is 1.07 bits per heavy atom. The van der Waals surface area contributed by atoms with Gasteiger partial charge in [-0.25, -0.2) is 9.97 Å². The van der Waals surface area contributed by atoms with E-state index in [1.807, 2.05) is 19.3 Å². The second-order valence-electron chi connectivity index (χ2n) is 8.53. The van der Waals surface area contributed by atoms with Crippen molar-refractivity contribution in [3.05, 3.63) is 52.3 Å². The first-order valence-electron chi connectivity index (χ1n) is 10.1. The summed E-state index contributed by atoms with van der Waals surface area (Å²) in [6.07, 6.45) is 7.61. The van der Waals surface area contributed by atoms with Crippen LogP contribution in [0.1, 0.15) is 36.4 Å². The molecule has 5 rings (SSSR count). The van der Waals surface area contributed by atoms with E-state index < -0.39 is 0 Å². The van der Waals surface area contributed by atoms with E-state index in [1.54, 1.807) is 17.0 Å². The Morgan fingerprint density at radius 2 is 1.85 bits per heavy atom. The molecule has 6 nitrogen and oxygen atoms in total. The van der Waals surface area contributed by atoms with Gasteiger partial charge in [0, 0.05) is 69.7 Å². The molecule has 0 bridgehead atoms. The predicted octanol–water partition coefficient (Wildman–Crippen LogP) is 2.01. The van der Waals surface area contributed by atoms with Crippen molar-refractivity contribution < 1.29 is 0 Å². The van der Waals surface area contributed by atoms with E-state index in [-0.39, 0.29) is 5.56 Å². The van der Waals surface area contributed by atoms with Gasteiger partial charge in [-0.05, 0) is 30.2 Å². The standard InChI is InChI=1S/C21H27N5O/c1-24-8-15(5-6-21(24)27)9-25-10-17-12-26(13-18(17)11-25)20-7-19(22-14-23-20)16-3-2-4-16/h5-8,14,16-18H,2-4,9-13H2,1H3. The second-order valence-corrected chi connectivity index (χ2v) is 8.53. The highest BCUT2D eigenvalue weighted by atomic mass is 16.1. The highest BCUT2D eigenvalue weighted by Crippen LogP contribution is 2.38. The fourth-order valence-electron chi connectivity index (χ4n) is 4.87. The monoisotopic (exact) mass is 365 g/mol. The Kier molecular flexibility index (Phi) is 4.23. The summed E-state index contributed by atoms with van der Waals surface area (Å²) in [5.41, 5.74) is 2.51. The normalized spacial score (nSPS) is 25.6. The molecule has 3 aliphatic rings. The van der Waals surface area contributed by atoms with Crippen molar-refractivity contribution in [1.82, 2.24) is 19.4 Å². The molecule has 2 saturated heterocycles. The van der Waals surface area contributed by atoms with E-state index in [1.165, 1.54) is 30.5 Å². The zero-order valence-electron chi connectivity index (χ0n) is 15.9. The maximum Gasteiger partial charge on any atom is 0.250 e. The minimum absolute atomic E-state index is 0.0544. The second kappa shape index (κ2) is 6.75. The van der Waals surface area contributed by atoms with E-state index in [0.717, 1.165) is 38.5 Å². The minimum atomic E-state index is 0.0544. The Bertz CT molecular complexity index is 876. The Balaban J connectivity index is 1.22. The molecule has 3 fully saturated rings. The third kappa shape index (κ3) is 3.27. The van der Waals surface area contributed by atoms with Crippen molar-refractivity contribution >= 4 is 5.82 Å². The molecule has 2 atom stereocenters. The number of hydrogen-bond donors (Lipinski definition) is 0. The van der Waals surface area contributed by atoms with E-state index >= 15 is 0 Å². The molecular weight excluding hydrogens is 338 g/mol. The first kappa shape index (κ1) is 16.9. The molecule has 2 unspecified atom stereocenters. The molecule has 27 heavy (non-hydrogen) atoms. The molecule has 2 aromatic rings. The predicted molar refractivity (Wildman–Crippen MR) is 105 cm³/mol. The summed E-state index contributed by atoms with van der Waals surface area (Å²) in [6.45, 7) is 5.38. The number of aryl methyl sites for hydroxylation is 1. The number of likely N-dealkylation sites (tertiary alicyclic amines) is 1. The van der Waals surface area contributed by atoms with Crippen LogP contribution in [0.5, 0.6) is 0 Å². The molecule has 1 aliphatic carbocycles. The molecular formula is C21H27N5O. The fourth-order valence-corrected chi connectivity index (χ4v) is 4.87. The summed E-state index contributed by atoms with van der Waals surface area (Å²) < 4.78 is 1.67. The van der Waals surface area contributed by atoms with Gasteiger partial charge in [0.2, 0.25) is 5.56 Å². The quantitative estimate of drug-likeness (QED) is 0.830. The average Bonchev–Trinajstić information content (AvgIpc) is 3.15. The van der Waals surface area contributed by atoms with Crippen molar-refractivity contribution in [2.24, 2.45) is 18.9 Å². The number of nitrogens with zero attached hydrogens (tertiary/aromatic N) is 5. The lowest BCUT2D eigenvalue weighted by Crippen LogP contribution is -2.29. The highest BCUT2D eigenvalue weighted by Gasteiger charge is 2.40. The smallest absolute Gasteiger partial charge is 0.250 e. The molecule has 0 aromatic carbocycles. The minimum Gasteiger partial charge on any atom is -0.356 e. The lowest BCUT2D eigenvalue weighted by atomic mass is 9.83. The van der Waals surface area contributed by atoms with Crippen LogP contribution in [0.3, 0.4) is 0 Å². The van der Waals surface area contributed by atoms with Gasteiger partial charge in [-0.3, -0.25) is 9.69 Å². The van der Waals surface area contributed by atoms with E-state index in [9.17, 15) is 4.79 Å². The molecule has 2 aromatic heterocycles. The van der Waals surface area contributed by atoms with Crippen molar-refractivity contribution in [3.63, 3.8) is 0 Å². The van der Waals surface area contributed by atoms with Gasteiger partial charge < -0.3 is 9.47 Å². The van der Waals surface area contributed by atoms with Crippen LogP contribution in [0.15, 0.2) is 35.5 Å². The van der Waals surface area contributed by atoms with Gasteiger partial charge in [0.15, 0.2) is 0 Å². The summed E-state index contributed by atoms with van der Waals surface area (Å²) >= 11 is 0. The molecule has 1 saturated carbocycles. The van der Waals surface area contributed by atoms with Gasteiger partial charge in [0.1, 0.15) is 12.1 Å². The van der Waals surface area contributed by atoms with E-state index in [0.29, 0.717) is 17.8 Å². The van der Waals surface area contributed by atoms with Gasteiger partial charge in [0.25, 0.3) is 0 Å². The summed E-state index contributed by atoms with van der Waals surface area (Å²) in [5.74, 6) is 3.19. The summed E-state index contributed by atoms with van der Waals surface area (Å²) in [4.78, 5) is 25.6. The molecule has 142 valence electrons. The number of aromatic nitrogens is 3. The zero-order valence-corrected chi connectivity index (χ0v) is 15.9. The van der Waals surface area contributed by atoms with Crippen LogP contribution in [0.25, 0.3) is 0 Å². The van der Waals surface area contributed by atoms with E-state index in [2.05, 4.69) is 25.8 Å². The van der Waals surface area contributed by atoms with Gasteiger partial charge in [0.05, 0.1) is 0 Å². The molecule has 0 N–H and O–H groups in total. The van der Waals surface area contributed by atoms with Crippen LogP contribution in [-0.4, -0.2) is 45.6 Å². The summed E-state index contributed by atoms with van der Waals surface area (Å²) in [7, 11) is 1.82. The number of hydrogen-bond acceptors (Lipinski definition) is 5. The Labute approximate surface area is 159 Å². The van der Waals surface area contributed by atoms with Crippen LogP contribution in [0.4, 0.5) is 5.82 Å². The van der Waals surface area contributed by atoms with Crippen molar-refractivity contribution in [3.8, 4) is 0 Å². The molecule has 6 heteroatoms. The van der Waals surface area contributed by atoms with Crippen LogP contribution in [0.2, 0.25) is 0 Å². The SMILES string of the molecule is Cn1cc(CN2CC3CN(c4cc(C5CCC5)ncn4)CC3C2)ccc1=O. The van der Waals surface area contributed by atoms with Crippen molar-refractivity contribution in [1.29, 1.82) is 0 Å². The Morgan fingerprint density at radius 3 is 2.52 bits per heavy atom. The molecule has 0 radical (unpaired) electrons. The average molecular weight is 365 g/mol. The maximum atomic E-state index is 11.6.